The van der Waals surface area contributed by atoms with Crippen LogP contribution in [-0.4, -0.2) is 248 Å². The van der Waals surface area contributed by atoms with Gasteiger partial charge in [-0.25, -0.2) is 24.0 Å². The van der Waals surface area contributed by atoms with Gasteiger partial charge in [-0.15, -0.1) is 0 Å². The predicted octanol–water partition coefficient (Wildman–Crippen LogP) is 5.71. The molecule has 0 radical (unpaired) electrons. The van der Waals surface area contributed by atoms with Gasteiger partial charge in [0.2, 0.25) is 41.2 Å². The summed E-state index contributed by atoms with van der Waals surface area (Å²) in [5, 5.41) is 0. The Kier molecular flexibility index (Phi) is 33.6. The number of rotatable bonds is 14. The second-order valence-electron chi connectivity index (χ2n) is 35.7. The van der Waals surface area contributed by atoms with E-state index >= 15 is 0 Å². The van der Waals surface area contributed by atoms with E-state index in [1.165, 1.54) is 176 Å². The average molecular weight is 1750 g/mol. The molecule has 6 heterocycles. The SMILES string of the molecule is C=C(C)C(=O)OCC(=O)N1C(=O)C2C3CCC(C3)C21.C=C(C)C(=O)OCC(=O)N1C(=O)C2CC3C4CCC(C4)C3C21.C=C(C)C(=O)OCC(=O)N1C(=O)C2COCC21.C=CC(=O)OCC(=O)N1C(=O)C2CC3C4CCC(C4)C3C21.COC(=O)C(C)=O.COC(C)=O.COC(C)=O.COC(C)=O.COC(C)=O.O=C(C1CC2CCC1C2)N1C(=O)C2C3CCC(C3)C21. The number of β-lactam (4-membered cyclic amide) rings is 5. The largest absolute Gasteiger partial charge is 0.469 e. The quantitative estimate of drug-likeness (QED) is 0.0501. The van der Waals surface area contributed by atoms with Crippen LogP contribution in [0.3, 0.4) is 0 Å². The maximum atomic E-state index is 12.8. The van der Waals surface area contributed by atoms with Gasteiger partial charge in [0, 0.05) is 63.3 Å². The molecule has 35 heteroatoms. The molecular weight excluding hydrogens is 1630 g/mol. The fraction of sp³-hybridized carbons (Fsp3) is 0.689. The molecule has 12 saturated carbocycles. The van der Waals surface area contributed by atoms with Crippen LogP contribution in [0, 0.1) is 118 Å². The molecule has 6 aliphatic heterocycles. The molecule has 12 aliphatic carbocycles. The summed E-state index contributed by atoms with van der Waals surface area (Å²) in [4.78, 5) is 231. The zero-order valence-electron chi connectivity index (χ0n) is 73.8. The van der Waals surface area contributed by atoms with Crippen LogP contribution in [0.25, 0.3) is 0 Å². The van der Waals surface area contributed by atoms with Crippen molar-refractivity contribution in [3.05, 3.63) is 49.1 Å². The van der Waals surface area contributed by atoms with Crippen LogP contribution in [0.1, 0.15) is 171 Å². The molecule has 10 amide bonds. The first-order valence-electron chi connectivity index (χ1n) is 43.1. The van der Waals surface area contributed by atoms with Crippen molar-refractivity contribution in [2.75, 3.05) is 75.2 Å². The lowest BCUT2D eigenvalue weighted by atomic mass is 9.74. The fourth-order valence-corrected chi connectivity index (χ4v) is 23.0. The number of Topliss-reactive ketones (excluding diaryl/α,β-unsaturated/α-hetero) is 1. The molecule has 35 nitrogen and oxygen atoms in total. The summed E-state index contributed by atoms with van der Waals surface area (Å²) in [5.74, 6) is 2.70. The Morgan fingerprint density at radius 1 is 0.352 bits per heavy atom. The summed E-state index contributed by atoms with van der Waals surface area (Å²) in [6.07, 6.45) is 22.4. The van der Waals surface area contributed by atoms with E-state index in [1.54, 1.807) is 4.90 Å². The lowest BCUT2D eigenvalue weighted by Gasteiger charge is -2.49. The summed E-state index contributed by atoms with van der Waals surface area (Å²) in [6, 6.07) is 0.357. The summed E-state index contributed by atoms with van der Waals surface area (Å²) in [6.45, 7) is 24.0. The Bertz CT molecular complexity index is 4240. The molecule has 0 aromatic carbocycles. The molecule has 0 N–H and O–H groups in total. The van der Waals surface area contributed by atoms with Gasteiger partial charge in [-0.05, 0) is 213 Å². The van der Waals surface area contributed by atoms with Gasteiger partial charge in [0.1, 0.15) is 0 Å². The molecule has 0 aromatic heterocycles. The van der Waals surface area contributed by atoms with Gasteiger partial charge in [0.15, 0.2) is 26.4 Å². The molecule has 6 saturated heterocycles. The predicted molar refractivity (Wildman–Crippen MR) is 434 cm³/mol. The number of imide groups is 5. The van der Waals surface area contributed by atoms with Crippen LogP contribution in [0.5, 0.6) is 0 Å². The van der Waals surface area contributed by atoms with Crippen molar-refractivity contribution in [3.63, 3.8) is 0 Å². The number of carbonyl (C=O) groups is 20. The number of ether oxygens (including phenoxy) is 10. The van der Waals surface area contributed by atoms with Crippen molar-refractivity contribution in [2.24, 2.45) is 118 Å². The molecule has 18 rings (SSSR count). The van der Waals surface area contributed by atoms with E-state index in [2.05, 4.69) is 50.0 Å². The van der Waals surface area contributed by atoms with Crippen molar-refractivity contribution in [1.29, 1.82) is 0 Å². The highest BCUT2D eigenvalue weighted by Gasteiger charge is 2.70. The zero-order chi connectivity index (χ0) is 92.3. The van der Waals surface area contributed by atoms with Crippen LogP contribution in [-0.2, 0) is 143 Å². The fourth-order valence-electron chi connectivity index (χ4n) is 23.0. The van der Waals surface area contributed by atoms with Gasteiger partial charge in [-0.1, -0.05) is 32.7 Å². The van der Waals surface area contributed by atoms with E-state index in [0.717, 1.165) is 74.2 Å². The number of esters is 9. The molecule has 125 heavy (non-hydrogen) atoms. The van der Waals surface area contributed by atoms with Gasteiger partial charge in [-0.3, -0.25) is 96.4 Å². The van der Waals surface area contributed by atoms with E-state index in [-0.39, 0.29) is 167 Å². The standard InChI is InChI=1S/C17H21NO4.C16H19NO4.C16H21NO2.C14H17NO4.C11H13NO5.C4H6O3.4C3H6O2/c1-8(2)17(21)22-7-13(19)18-15-12(16(18)20)6-11-9-3-4-10(5-9)14(11)15;1-2-13(19)21-7-12(18)17-15-11(16(17)20)6-10-8-3-4-9(5-8)14(10)15;18-15(12-6-8-1-2-9(12)5-8)17-14-11-4-3-10(7-11)13(14)16(17)19;1-7(2)14(18)19-6-10(16)15-12-9-4-3-8(5-9)11(12)13(15)17;1-6(2)11(15)17-5-9(13)12-8-4-16-3-7(8)10(12)14;1-3(5)4(6)7-2;4*1-3(4)5-2/h9-12,14-15H,1,3-7H2,2H3;2,8-11,14-15H,1,3-7H2;8-14H,1-7H2;8-9,11-12H,1,3-6H2,2H3;7-8H,1,3-5H2,2H3;1-2H3;4*1-2H3. The summed E-state index contributed by atoms with van der Waals surface area (Å²) in [7, 11) is 6.57. The van der Waals surface area contributed by atoms with Gasteiger partial charge < -0.3 is 47.4 Å². The van der Waals surface area contributed by atoms with Gasteiger partial charge in [0.25, 0.3) is 23.6 Å². The Morgan fingerprint density at radius 3 is 1.04 bits per heavy atom. The molecule has 25 atom stereocenters. The number of carbonyl (C=O) groups excluding carboxylic acids is 20. The maximum Gasteiger partial charge on any atom is 0.374 e. The second kappa shape index (κ2) is 42.7. The number of fused-ring (bicyclic) bond motifs is 27. The summed E-state index contributed by atoms with van der Waals surface area (Å²) in [5.41, 5.74) is 0.727. The number of amides is 10. The molecule has 0 spiro atoms. The van der Waals surface area contributed by atoms with E-state index < -0.39 is 54.1 Å². The summed E-state index contributed by atoms with van der Waals surface area (Å²) < 4.78 is 44.8. The maximum absolute atomic E-state index is 12.8. The highest BCUT2D eigenvalue weighted by molar-refractivity contribution is 6.32. The lowest BCUT2D eigenvalue weighted by molar-refractivity contribution is -0.174. The third-order valence-electron chi connectivity index (χ3n) is 28.5. The molecule has 18 aliphatic rings. The Labute approximate surface area is 727 Å². The first kappa shape index (κ1) is 98.3. The Balaban J connectivity index is 0.000000165. The van der Waals surface area contributed by atoms with Crippen LogP contribution < -0.4 is 0 Å². The van der Waals surface area contributed by atoms with E-state index in [9.17, 15) is 95.9 Å². The van der Waals surface area contributed by atoms with Crippen molar-refractivity contribution in [2.45, 2.75) is 201 Å². The number of likely N-dealkylation sites (tertiary alicyclic amines) is 5. The lowest BCUT2D eigenvalue weighted by Crippen LogP contribution is -2.66. The Hall–Kier alpha value is -10.5. The van der Waals surface area contributed by atoms with Gasteiger partial charge in [-0.2, -0.15) is 0 Å². The number of hydrogen-bond donors (Lipinski definition) is 0. The first-order chi connectivity index (χ1) is 59.1. The molecule has 25 unspecified atom stereocenters. The minimum Gasteiger partial charge on any atom is -0.469 e. The molecule has 0 aromatic rings. The number of nitrogens with zero attached hydrogens (tertiary/aromatic N) is 5. The molecule has 686 valence electrons. The van der Waals surface area contributed by atoms with Crippen LogP contribution in [0.4, 0.5) is 0 Å². The number of ketones is 1. The smallest absolute Gasteiger partial charge is 0.374 e. The van der Waals surface area contributed by atoms with Crippen molar-refractivity contribution in [3.8, 4) is 0 Å². The van der Waals surface area contributed by atoms with E-state index in [1.807, 2.05) is 0 Å². The van der Waals surface area contributed by atoms with Gasteiger partial charge >= 0.3 is 53.7 Å². The highest BCUT2D eigenvalue weighted by Crippen LogP contribution is 2.66. The number of hydrogen-bond acceptors (Lipinski definition) is 30. The highest BCUT2D eigenvalue weighted by atomic mass is 16.6. The zero-order valence-corrected chi connectivity index (χ0v) is 73.8. The van der Waals surface area contributed by atoms with Gasteiger partial charge in [0.05, 0.1) is 109 Å². The second-order valence-corrected chi connectivity index (χ2v) is 35.7. The van der Waals surface area contributed by atoms with Crippen LogP contribution in [0.15, 0.2) is 49.1 Å². The monoisotopic (exact) mass is 1750 g/mol. The topological polar surface area (TPSA) is 450 Å². The minimum atomic E-state index is -0.792. The third kappa shape index (κ3) is 21.5. The van der Waals surface area contributed by atoms with Crippen molar-refractivity contribution < 1.29 is 143 Å². The van der Waals surface area contributed by atoms with Crippen LogP contribution >= 0.6 is 0 Å². The Morgan fingerprint density at radius 2 is 0.688 bits per heavy atom. The van der Waals surface area contributed by atoms with Crippen molar-refractivity contribution >= 4 is 119 Å². The number of methoxy groups -OCH3 is 5. The van der Waals surface area contributed by atoms with E-state index in [4.69, 9.17) is 23.7 Å². The van der Waals surface area contributed by atoms with E-state index in [0.29, 0.717) is 84.4 Å². The molecule has 10 bridgehead atoms. The molecular formula is C90H121N5O30. The minimum absolute atomic E-state index is 0.0409. The summed E-state index contributed by atoms with van der Waals surface area (Å²) >= 11 is 0. The average Bonchev–Trinajstić information content (AvgIpc) is 1.55. The van der Waals surface area contributed by atoms with Crippen LogP contribution in [0.2, 0.25) is 0 Å². The third-order valence-corrected chi connectivity index (χ3v) is 28.5. The normalized spacial score (nSPS) is 32.8. The first-order valence-corrected chi connectivity index (χ1v) is 43.1. The molecule has 18 fully saturated rings. The van der Waals surface area contributed by atoms with Crippen molar-refractivity contribution in [1.82, 2.24) is 24.5 Å².